The largest absolute Gasteiger partial charge is 0.468 e. The molecular weight excluding hydrogens is 337 g/mol. The van der Waals surface area contributed by atoms with Crippen molar-refractivity contribution in [3.63, 3.8) is 0 Å². The Hall–Kier alpha value is -1.05. The van der Waals surface area contributed by atoms with Crippen molar-refractivity contribution in [3.05, 3.63) is 51.9 Å². The summed E-state index contributed by atoms with van der Waals surface area (Å²) in [4.78, 5) is -0.105. The van der Waals surface area contributed by atoms with Gasteiger partial charge in [-0.1, -0.05) is 23.2 Å². The molecule has 0 amide bonds. The van der Waals surface area contributed by atoms with Crippen molar-refractivity contribution in [2.45, 2.75) is 18.0 Å². The highest BCUT2D eigenvalue weighted by Gasteiger charge is 2.25. The van der Waals surface area contributed by atoms with Crippen LogP contribution < -0.4 is 0 Å². The maximum absolute atomic E-state index is 12.5. The highest BCUT2D eigenvalue weighted by atomic mass is 35.5. The van der Waals surface area contributed by atoms with Crippen molar-refractivity contribution < 1.29 is 17.9 Å². The van der Waals surface area contributed by atoms with Crippen LogP contribution in [0.15, 0.2) is 39.8 Å². The molecule has 0 atom stereocenters. The van der Waals surface area contributed by atoms with Gasteiger partial charge in [0.05, 0.1) is 24.4 Å². The van der Waals surface area contributed by atoms with Crippen LogP contribution in [0.3, 0.4) is 0 Å². The zero-order valence-electron chi connectivity index (χ0n) is 11.1. The monoisotopic (exact) mass is 349 g/mol. The molecule has 8 heteroatoms. The van der Waals surface area contributed by atoms with Crippen LogP contribution in [0.2, 0.25) is 10.0 Å². The number of furan rings is 1. The first-order chi connectivity index (χ1) is 9.86. The van der Waals surface area contributed by atoms with E-state index in [4.69, 9.17) is 27.6 Å². The number of hydrogen-bond acceptors (Lipinski definition) is 4. The Kier molecular flexibility index (Phi) is 4.95. The lowest BCUT2D eigenvalue weighted by Crippen LogP contribution is -2.26. The molecule has 2 rings (SSSR count). The maximum Gasteiger partial charge on any atom is 0.244 e. The molecule has 0 bridgehead atoms. The molecule has 0 saturated heterocycles. The normalized spacial score (nSPS) is 12.0. The number of benzene rings is 1. The fourth-order valence-electron chi connectivity index (χ4n) is 1.76. The highest BCUT2D eigenvalue weighted by molar-refractivity contribution is 7.89. The molecule has 0 fully saturated rings. The first-order valence-electron chi connectivity index (χ1n) is 5.93. The van der Waals surface area contributed by atoms with Crippen molar-refractivity contribution in [3.8, 4) is 0 Å². The summed E-state index contributed by atoms with van der Waals surface area (Å²) in [5, 5.41) is 9.42. The number of sulfonamides is 1. The van der Waals surface area contributed by atoms with E-state index in [9.17, 15) is 13.5 Å². The predicted octanol–water partition coefficient (Wildman–Crippen LogP) is 2.90. The molecule has 1 aromatic carbocycles. The Bertz CT molecular complexity index is 729. The SMILES string of the molecule is CN(Cc1ccco1)S(=O)(=O)c1cc(CO)c(Cl)cc1Cl. The number of aliphatic hydroxyl groups is 1. The third-order valence-electron chi connectivity index (χ3n) is 2.92. The molecule has 2 aromatic rings. The van der Waals surface area contributed by atoms with Gasteiger partial charge < -0.3 is 9.52 Å². The van der Waals surface area contributed by atoms with Crippen LogP contribution in [0.4, 0.5) is 0 Å². The van der Waals surface area contributed by atoms with Crippen molar-refractivity contribution in [2.75, 3.05) is 7.05 Å². The summed E-state index contributed by atoms with van der Waals surface area (Å²) < 4.78 is 31.3. The molecule has 1 aromatic heterocycles. The van der Waals surface area contributed by atoms with Crippen LogP contribution in [0.1, 0.15) is 11.3 Å². The molecule has 0 aliphatic rings. The highest BCUT2D eigenvalue weighted by Crippen LogP contribution is 2.30. The molecule has 0 aliphatic heterocycles. The van der Waals surface area contributed by atoms with E-state index < -0.39 is 10.0 Å². The van der Waals surface area contributed by atoms with Crippen LogP contribution in [-0.2, 0) is 23.2 Å². The average Bonchev–Trinajstić information content (AvgIpc) is 2.91. The van der Waals surface area contributed by atoms with E-state index in [1.807, 2.05) is 0 Å². The van der Waals surface area contributed by atoms with Gasteiger partial charge in [0.1, 0.15) is 10.7 Å². The number of aliphatic hydroxyl groups excluding tert-OH is 1. The summed E-state index contributed by atoms with van der Waals surface area (Å²) in [6, 6.07) is 5.94. The second-order valence-electron chi connectivity index (χ2n) is 4.37. The molecule has 1 N–H and O–H groups in total. The molecular formula is C13H13Cl2NO4S. The number of halogens is 2. The number of hydrogen-bond donors (Lipinski definition) is 1. The Morgan fingerprint density at radius 3 is 2.57 bits per heavy atom. The Morgan fingerprint density at radius 1 is 1.29 bits per heavy atom. The fraction of sp³-hybridized carbons (Fsp3) is 0.231. The fourth-order valence-corrected chi connectivity index (χ4v) is 3.73. The summed E-state index contributed by atoms with van der Waals surface area (Å²) in [5.41, 5.74) is 0.297. The topological polar surface area (TPSA) is 70.8 Å². The summed E-state index contributed by atoms with van der Waals surface area (Å²) in [6.45, 7) is -0.302. The first-order valence-corrected chi connectivity index (χ1v) is 8.13. The van der Waals surface area contributed by atoms with E-state index >= 15 is 0 Å². The third kappa shape index (κ3) is 3.41. The summed E-state index contributed by atoms with van der Waals surface area (Å²) in [7, 11) is -2.41. The van der Waals surface area contributed by atoms with Gasteiger partial charge >= 0.3 is 0 Å². The van der Waals surface area contributed by atoms with Crippen molar-refractivity contribution in [2.24, 2.45) is 0 Å². The number of rotatable bonds is 5. The molecule has 0 saturated carbocycles. The molecule has 1 heterocycles. The van der Waals surface area contributed by atoms with Crippen LogP contribution >= 0.6 is 23.2 Å². The summed E-state index contributed by atoms with van der Waals surface area (Å²) in [6.07, 6.45) is 1.47. The van der Waals surface area contributed by atoms with E-state index in [2.05, 4.69) is 0 Å². The van der Waals surface area contributed by atoms with Gasteiger partial charge in [-0.3, -0.25) is 0 Å². The lowest BCUT2D eigenvalue weighted by molar-refractivity contribution is 0.281. The van der Waals surface area contributed by atoms with Gasteiger partial charge in [0, 0.05) is 12.1 Å². The summed E-state index contributed by atoms with van der Waals surface area (Å²) in [5.74, 6) is 0.508. The van der Waals surface area contributed by atoms with E-state index in [1.165, 1.54) is 25.4 Å². The van der Waals surface area contributed by atoms with Gasteiger partial charge in [0.25, 0.3) is 0 Å². The quantitative estimate of drug-likeness (QED) is 0.900. The maximum atomic E-state index is 12.5. The first kappa shape index (κ1) is 16.3. The zero-order chi connectivity index (χ0) is 15.6. The lowest BCUT2D eigenvalue weighted by Gasteiger charge is -2.17. The van der Waals surface area contributed by atoms with Crippen LogP contribution in [0.25, 0.3) is 0 Å². The minimum absolute atomic E-state index is 0.00324. The number of nitrogens with zero attached hydrogens (tertiary/aromatic N) is 1. The van der Waals surface area contributed by atoms with E-state index in [-0.39, 0.29) is 28.1 Å². The Morgan fingerprint density at radius 2 is 2.00 bits per heavy atom. The van der Waals surface area contributed by atoms with E-state index in [0.29, 0.717) is 11.3 Å². The minimum atomic E-state index is -3.82. The molecule has 21 heavy (non-hydrogen) atoms. The third-order valence-corrected chi connectivity index (χ3v) is 5.54. The Balaban J connectivity index is 2.39. The van der Waals surface area contributed by atoms with Gasteiger partial charge in [0.15, 0.2) is 0 Å². The van der Waals surface area contributed by atoms with Gasteiger partial charge in [-0.15, -0.1) is 0 Å². The molecule has 0 spiro atoms. The van der Waals surface area contributed by atoms with Crippen molar-refractivity contribution in [1.29, 1.82) is 0 Å². The molecule has 0 aliphatic carbocycles. The van der Waals surface area contributed by atoms with Gasteiger partial charge in [-0.2, -0.15) is 4.31 Å². The van der Waals surface area contributed by atoms with Crippen LogP contribution in [-0.4, -0.2) is 24.9 Å². The summed E-state index contributed by atoms with van der Waals surface area (Å²) >= 11 is 11.9. The van der Waals surface area contributed by atoms with Crippen molar-refractivity contribution in [1.82, 2.24) is 4.31 Å². The second kappa shape index (κ2) is 6.37. The lowest BCUT2D eigenvalue weighted by atomic mass is 10.2. The van der Waals surface area contributed by atoms with Gasteiger partial charge in [-0.05, 0) is 29.8 Å². The van der Waals surface area contributed by atoms with Crippen LogP contribution in [0, 0.1) is 0 Å². The standard InChI is InChI=1S/C13H13Cl2NO4S/c1-16(7-10-3-2-4-20-10)21(18,19)13-5-9(8-17)11(14)6-12(13)15/h2-6,17H,7-8H2,1H3. The van der Waals surface area contributed by atoms with Gasteiger partial charge in [-0.25, -0.2) is 8.42 Å². The van der Waals surface area contributed by atoms with E-state index in [0.717, 1.165) is 4.31 Å². The predicted molar refractivity (Wildman–Crippen MR) is 79.7 cm³/mol. The van der Waals surface area contributed by atoms with Crippen LogP contribution in [0.5, 0.6) is 0 Å². The molecule has 0 radical (unpaired) electrons. The van der Waals surface area contributed by atoms with E-state index in [1.54, 1.807) is 12.1 Å². The van der Waals surface area contributed by atoms with Gasteiger partial charge in [0.2, 0.25) is 10.0 Å². The molecule has 0 unspecified atom stereocenters. The zero-order valence-corrected chi connectivity index (χ0v) is 13.4. The smallest absolute Gasteiger partial charge is 0.244 e. The average molecular weight is 350 g/mol. The molecule has 5 nitrogen and oxygen atoms in total. The Labute approximate surface area is 132 Å². The minimum Gasteiger partial charge on any atom is -0.468 e. The van der Waals surface area contributed by atoms with Crippen molar-refractivity contribution >= 4 is 33.2 Å². The second-order valence-corrected chi connectivity index (χ2v) is 7.20. The molecule has 114 valence electrons.